The van der Waals surface area contributed by atoms with Gasteiger partial charge in [0.15, 0.2) is 5.11 Å². The first-order valence-corrected chi connectivity index (χ1v) is 5.21. The van der Waals surface area contributed by atoms with Gasteiger partial charge in [0.2, 0.25) is 0 Å². The van der Waals surface area contributed by atoms with Gasteiger partial charge in [-0.1, -0.05) is 27.5 Å². The van der Waals surface area contributed by atoms with Crippen molar-refractivity contribution in [1.82, 2.24) is 5.43 Å². The Kier molecular flexibility index (Phi) is 4.31. The number of rotatable bonds is 2. The zero-order chi connectivity index (χ0) is 10.6. The van der Waals surface area contributed by atoms with E-state index in [0.717, 1.165) is 10.0 Å². The molecule has 0 aromatic heterocycles. The molecule has 0 fully saturated rings. The molecule has 0 atom stereocenters. The lowest BCUT2D eigenvalue weighted by Crippen LogP contribution is -2.24. The number of hydrogen-bond donors (Lipinski definition) is 2. The molecule has 74 valence electrons. The van der Waals surface area contributed by atoms with Gasteiger partial charge in [-0.15, -0.1) is 0 Å². The van der Waals surface area contributed by atoms with Gasteiger partial charge in [-0.3, -0.25) is 5.43 Å². The Morgan fingerprint density at radius 1 is 1.64 bits per heavy atom. The fourth-order valence-electron chi connectivity index (χ4n) is 0.779. The summed E-state index contributed by atoms with van der Waals surface area (Å²) in [6, 6.07) is 5.46. The summed E-state index contributed by atoms with van der Waals surface area (Å²) in [6.07, 6.45) is 1.55. The minimum atomic E-state index is 0.118. The van der Waals surface area contributed by atoms with Gasteiger partial charge in [-0.05, 0) is 30.4 Å². The molecule has 1 aromatic rings. The summed E-state index contributed by atoms with van der Waals surface area (Å²) >= 11 is 13.8. The summed E-state index contributed by atoms with van der Waals surface area (Å²) < 4.78 is 0.929. The molecule has 0 saturated heterocycles. The van der Waals surface area contributed by atoms with Crippen LogP contribution in [0.5, 0.6) is 0 Å². The zero-order valence-electron chi connectivity index (χ0n) is 7.00. The molecule has 3 N–H and O–H groups in total. The van der Waals surface area contributed by atoms with Gasteiger partial charge >= 0.3 is 0 Å². The second-order valence-electron chi connectivity index (χ2n) is 2.40. The smallest absolute Gasteiger partial charge is 0.184 e. The molecule has 1 aromatic carbocycles. The predicted molar refractivity (Wildman–Crippen MR) is 66.7 cm³/mol. The Bertz CT molecular complexity index is 381. The molecular weight excluding hydrogens is 286 g/mol. The van der Waals surface area contributed by atoms with E-state index >= 15 is 0 Å². The third kappa shape index (κ3) is 3.61. The van der Waals surface area contributed by atoms with Crippen LogP contribution in [-0.2, 0) is 0 Å². The highest BCUT2D eigenvalue weighted by Gasteiger charge is 1.97. The molecule has 0 aliphatic heterocycles. The van der Waals surface area contributed by atoms with Crippen LogP contribution in [0.1, 0.15) is 5.56 Å². The number of thiocarbonyl (C=S) groups is 1. The van der Waals surface area contributed by atoms with Crippen molar-refractivity contribution in [2.45, 2.75) is 0 Å². The lowest BCUT2D eigenvalue weighted by Gasteiger charge is -1.98. The van der Waals surface area contributed by atoms with E-state index in [9.17, 15) is 0 Å². The second kappa shape index (κ2) is 5.29. The monoisotopic (exact) mass is 291 g/mol. The minimum absolute atomic E-state index is 0.118. The molecule has 0 amide bonds. The molecular formula is C8H7BrClN3S. The number of benzene rings is 1. The minimum Gasteiger partial charge on any atom is -0.375 e. The van der Waals surface area contributed by atoms with Crippen LogP contribution in [0.25, 0.3) is 0 Å². The van der Waals surface area contributed by atoms with Crippen LogP contribution >= 0.6 is 39.7 Å². The van der Waals surface area contributed by atoms with Crippen molar-refractivity contribution in [2.24, 2.45) is 10.8 Å². The molecule has 0 bridgehead atoms. The topological polar surface area (TPSA) is 50.4 Å². The van der Waals surface area contributed by atoms with Crippen molar-refractivity contribution >= 4 is 51.1 Å². The SMILES string of the molecule is NC(=S)N/N=C/c1cc(Br)ccc1Cl. The van der Waals surface area contributed by atoms with E-state index in [4.69, 9.17) is 17.3 Å². The molecule has 0 aliphatic carbocycles. The quantitative estimate of drug-likeness (QED) is 0.499. The number of nitrogens with one attached hydrogen (secondary N) is 1. The number of nitrogens with two attached hydrogens (primary N) is 1. The highest BCUT2D eigenvalue weighted by atomic mass is 79.9. The largest absolute Gasteiger partial charge is 0.375 e. The third-order valence-corrected chi connectivity index (χ3v) is 2.27. The summed E-state index contributed by atoms with van der Waals surface area (Å²) in [6.45, 7) is 0. The Morgan fingerprint density at radius 2 is 2.36 bits per heavy atom. The zero-order valence-corrected chi connectivity index (χ0v) is 10.2. The van der Waals surface area contributed by atoms with Crippen molar-refractivity contribution < 1.29 is 0 Å². The molecule has 0 radical (unpaired) electrons. The van der Waals surface area contributed by atoms with Gasteiger partial charge in [0, 0.05) is 15.1 Å². The van der Waals surface area contributed by atoms with Crippen LogP contribution in [0.15, 0.2) is 27.8 Å². The van der Waals surface area contributed by atoms with Gasteiger partial charge in [0.1, 0.15) is 0 Å². The molecule has 3 nitrogen and oxygen atoms in total. The average Bonchev–Trinajstić information content (AvgIpc) is 2.10. The Labute approximate surface area is 100 Å². The third-order valence-electron chi connectivity index (χ3n) is 1.34. The predicted octanol–water partition coefficient (Wildman–Crippen LogP) is 2.27. The molecule has 0 unspecified atom stereocenters. The lowest BCUT2D eigenvalue weighted by molar-refractivity contribution is 1.04. The van der Waals surface area contributed by atoms with Crippen LogP contribution in [0.3, 0.4) is 0 Å². The molecule has 0 aliphatic rings. The molecule has 0 spiro atoms. The summed E-state index contributed by atoms with van der Waals surface area (Å²) in [7, 11) is 0. The van der Waals surface area contributed by atoms with Crippen molar-refractivity contribution in [2.75, 3.05) is 0 Å². The van der Waals surface area contributed by atoms with Crippen molar-refractivity contribution in [3.05, 3.63) is 33.3 Å². The number of halogens is 2. The Hall–Kier alpha value is -0.650. The van der Waals surface area contributed by atoms with E-state index in [-0.39, 0.29) is 5.11 Å². The van der Waals surface area contributed by atoms with Gasteiger partial charge in [0.05, 0.1) is 6.21 Å². The van der Waals surface area contributed by atoms with Crippen molar-refractivity contribution in [1.29, 1.82) is 0 Å². The van der Waals surface area contributed by atoms with Crippen LogP contribution in [0.2, 0.25) is 5.02 Å². The number of hydrogen-bond acceptors (Lipinski definition) is 2. The summed E-state index contributed by atoms with van der Waals surface area (Å²) in [5.74, 6) is 0. The van der Waals surface area contributed by atoms with Crippen LogP contribution < -0.4 is 11.2 Å². The van der Waals surface area contributed by atoms with Crippen molar-refractivity contribution in [3.8, 4) is 0 Å². The molecule has 14 heavy (non-hydrogen) atoms. The van der Waals surface area contributed by atoms with E-state index in [1.165, 1.54) is 0 Å². The fourth-order valence-corrected chi connectivity index (χ4v) is 1.38. The van der Waals surface area contributed by atoms with Gasteiger partial charge < -0.3 is 5.73 Å². The maximum absolute atomic E-state index is 5.91. The highest BCUT2D eigenvalue weighted by Crippen LogP contribution is 2.19. The first-order chi connectivity index (χ1) is 6.59. The summed E-state index contributed by atoms with van der Waals surface area (Å²) in [5.41, 5.74) is 8.42. The second-order valence-corrected chi connectivity index (χ2v) is 4.16. The number of hydrazone groups is 1. The van der Waals surface area contributed by atoms with E-state index in [2.05, 4.69) is 38.7 Å². The molecule has 1 rings (SSSR count). The number of nitrogens with zero attached hydrogens (tertiary/aromatic N) is 1. The maximum Gasteiger partial charge on any atom is 0.184 e. The van der Waals surface area contributed by atoms with Crippen LogP contribution in [-0.4, -0.2) is 11.3 Å². The Balaban J connectivity index is 2.80. The molecule has 0 heterocycles. The molecule has 6 heteroatoms. The summed E-state index contributed by atoms with van der Waals surface area (Å²) in [4.78, 5) is 0. The van der Waals surface area contributed by atoms with Crippen LogP contribution in [0.4, 0.5) is 0 Å². The van der Waals surface area contributed by atoms with E-state index in [1.54, 1.807) is 12.3 Å². The first-order valence-electron chi connectivity index (χ1n) is 3.63. The average molecular weight is 293 g/mol. The van der Waals surface area contributed by atoms with E-state index in [1.807, 2.05) is 12.1 Å². The van der Waals surface area contributed by atoms with Gasteiger partial charge in [0.25, 0.3) is 0 Å². The Morgan fingerprint density at radius 3 is 3.00 bits per heavy atom. The van der Waals surface area contributed by atoms with Crippen molar-refractivity contribution in [3.63, 3.8) is 0 Å². The van der Waals surface area contributed by atoms with Gasteiger partial charge in [-0.25, -0.2) is 0 Å². The highest BCUT2D eigenvalue weighted by molar-refractivity contribution is 9.10. The van der Waals surface area contributed by atoms with Crippen LogP contribution in [0, 0.1) is 0 Å². The van der Waals surface area contributed by atoms with E-state index < -0.39 is 0 Å². The van der Waals surface area contributed by atoms with E-state index in [0.29, 0.717) is 5.02 Å². The normalized spacial score (nSPS) is 10.4. The molecule has 0 saturated carbocycles. The summed E-state index contributed by atoms with van der Waals surface area (Å²) in [5, 5.41) is 4.53. The maximum atomic E-state index is 5.91. The first kappa shape index (κ1) is 11.4. The van der Waals surface area contributed by atoms with Gasteiger partial charge in [-0.2, -0.15) is 5.10 Å². The standard InChI is InChI=1S/C8H7BrClN3S/c9-6-1-2-7(10)5(3-6)4-12-13-8(11)14/h1-4H,(H3,11,13,14)/b12-4+. The fraction of sp³-hybridized carbons (Fsp3) is 0. The lowest BCUT2D eigenvalue weighted by atomic mass is 10.2.